The second-order valence-electron chi connectivity index (χ2n) is 3.70. The van der Waals surface area contributed by atoms with Gasteiger partial charge in [-0.2, -0.15) is 0 Å². The second kappa shape index (κ2) is 4.75. The fraction of sp³-hybridized carbons (Fsp3) is 0.250. The SMILES string of the molecule is [NH3+][C@H](CCn1ccnc1)c1ccccc1. The van der Waals surface area contributed by atoms with E-state index >= 15 is 0 Å². The minimum Gasteiger partial charge on any atom is -0.351 e. The van der Waals surface area contributed by atoms with Crippen molar-refractivity contribution in [3.8, 4) is 0 Å². The lowest BCUT2D eigenvalue weighted by Crippen LogP contribution is -2.53. The number of nitrogens with zero attached hydrogens (tertiary/aromatic N) is 2. The Morgan fingerprint density at radius 2 is 2.07 bits per heavy atom. The third-order valence-corrected chi connectivity index (χ3v) is 2.57. The molecule has 0 bridgehead atoms. The summed E-state index contributed by atoms with van der Waals surface area (Å²) in [5.74, 6) is 0. The number of rotatable bonds is 4. The van der Waals surface area contributed by atoms with Crippen LogP contribution in [0.3, 0.4) is 0 Å². The first-order valence-corrected chi connectivity index (χ1v) is 5.20. The van der Waals surface area contributed by atoms with E-state index in [4.69, 9.17) is 0 Å². The van der Waals surface area contributed by atoms with Gasteiger partial charge in [0.15, 0.2) is 0 Å². The van der Waals surface area contributed by atoms with Crippen molar-refractivity contribution in [3.05, 3.63) is 54.6 Å². The van der Waals surface area contributed by atoms with Crippen LogP contribution in [0.5, 0.6) is 0 Å². The summed E-state index contributed by atoms with van der Waals surface area (Å²) in [6.07, 6.45) is 6.68. The topological polar surface area (TPSA) is 45.5 Å². The van der Waals surface area contributed by atoms with Gasteiger partial charge in [0.1, 0.15) is 6.04 Å². The monoisotopic (exact) mass is 202 g/mol. The van der Waals surface area contributed by atoms with Crippen LogP contribution >= 0.6 is 0 Å². The Kier molecular flexibility index (Phi) is 3.15. The van der Waals surface area contributed by atoms with Crippen LogP contribution in [0.2, 0.25) is 0 Å². The molecule has 0 spiro atoms. The molecule has 1 heterocycles. The van der Waals surface area contributed by atoms with E-state index in [0.717, 1.165) is 13.0 Å². The maximum atomic E-state index is 4.17. The Morgan fingerprint density at radius 3 is 2.73 bits per heavy atom. The van der Waals surface area contributed by atoms with Gasteiger partial charge >= 0.3 is 0 Å². The van der Waals surface area contributed by atoms with E-state index in [-0.39, 0.29) is 0 Å². The van der Waals surface area contributed by atoms with Gasteiger partial charge in [-0.15, -0.1) is 0 Å². The first-order chi connectivity index (χ1) is 7.36. The van der Waals surface area contributed by atoms with Gasteiger partial charge in [0, 0.05) is 30.9 Å². The summed E-state index contributed by atoms with van der Waals surface area (Å²) in [6.45, 7) is 0.975. The average molecular weight is 202 g/mol. The summed E-state index contributed by atoms with van der Waals surface area (Å²) in [4.78, 5) is 4.02. The van der Waals surface area contributed by atoms with Gasteiger partial charge < -0.3 is 10.3 Å². The molecular formula is C12H16N3+. The van der Waals surface area contributed by atoms with Crippen LogP contribution in [0.1, 0.15) is 18.0 Å². The number of aromatic nitrogens is 2. The molecule has 0 saturated carbocycles. The molecular weight excluding hydrogens is 186 g/mol. The van der Waals surface area contributed by atoms with E-state index in [1.807, 2.05) is 18.6 Å². The Morgan fingerprint density at radius 1 is 1.27 bits per heavy atom. The lowest BCUT2D eigenvalue weighted by Gasteiger charge is -2.08. The van der Waals surface area contributed by atoms with Crippen molar-refractivity contribution in [1.29, 1.82) is 0 Å². The third-order valence-electron chi connectivity index (χ3n) is 2.57. The van der Waals surface area contributed by atoms with E-state index in [2.05, 4.69) is 39.6 Å². The third kappa shape index (κ3) is 2.67. The molecule has 15 heavy (non-hydrogen) atoms. The van der Waals surface area contributed by atoms with E-state index in [1.165, 1.54) is 5.56 Å². The standard InChI is InChI=1S/C12H15N3/c13-12(11-4-2-1-3-5-11)6-8-15-9-7-14-10-15/h1-5,7,9-10,12H,6,8,13H2/p+1/t12-/m1/s1. The second-order valence-corrected chi connectivity index (χ2v) is 3.70. The van der Waals surface area contributed by atoms with Crippen LogP contribution in [0, 0.1) is 0 Å². The molecule has 3 nitrogen and oxygen atoms in total. The van der Waals surface area contributed by atoms with Crippen molar-refractivity contribution in [1.82, 2.24) is 9.55 Å². The van der Waals surface area contributed by atoms with Crippen molar-refractivity contribution in [2.45, 2.75) is 19.0 Å². The minimum absolute atomic E-state index is 0.355. The van der Waals surface area contributed by atoms with Gasteiger partial charge in [0.25, 0.3) is 0 Å². The molecule has 1 aromatic carbocycles. The predicted octanol–water partition coefficient (Wildman–Crippen LogP) is 1.26. The summed E-state index contributed by atoms with van der Waals surface area (Å²) in [5.41, 5.74) is 5.48. The maximum absolute atomic E-state index is 4.17. The predicted molar refractivity (Wildman–Crippen MR) is 58.9 cm³/mol. The summed E-state index contributed by atoms with van der Waals surface area (Å²) >= 11 is 0. The van der Waals surface area contributed by atoms with Gasteiger partial charge in [-0.25, -0.2) is 4.98 Å². The van der Waals surface area contributed by atoms with E-state index < -0.39 is 0 Å². The van der Waals surface area contributed by atoms with Gasteiger partial charge in [0.2, 0.25) is 0 Å². The molecule has 3 N–H and O–H groups in total. The zero-order valence-electron chi connectivity index (χ0n) is 8.71. The number of quaternary nitrogens is 1. The number of benzene rings is 1. The largest absolute Gasteiger partial charge is 0.351 e. The summed E-state index contributed by atoms with van der Waals surface area (Å²) in [5, 5.41) is 0. The summed E-state index contributed by atoms with van der Waals surface area (Å²) in [6, 6.07) is 10.8. The molecule has 78 valence electrons. The Bertz CT molecular complexity index is 381. The highest BCUT2D eigenvalue weighted by Crippen LogP contribution is 2.11. The smallest absolute Gasteiger partial charge is 0.112 e. The fourth-order valence-corrected chi connectivity index (χ4v) is 1.62. The number of hydrogen-bond donors (Lipinski definition) is 1. The van der Waals surface area contributed by atoms with E-state index in [1.54, 1.807) is 6.20 Å². The average Bonchev–Trinajstić information content (AvgIpc) is 2.80. The lowest BCUT2D eigenvalue weighted by molar-refractivity contribution is -0.428. The van der Waals surface area contributed by atoms with Crippen LogP contribution in [0.4, 0.5) is 0 Å². The van der Waals surface area contributed by atoms with Crippen LogP contribution in [-0.4, -0.2) is 9.55 Å². The zero-order chi connectivity index (χ0) is 10.5. The van der Waals surface area contributed by atoms with Crippen LogP contribution in [0.15, 0.2) is 49.1 Å². The minimum atomic E-state index is 0.355. The first-order valence-electron chi connectivity index (χ1n) is 5.20. The van der Waals surface area contributed by atoms with Crippen LogP contribution in [0.25, 0.3) is 0 Å². The normalized spacial score (nSPS) is 12.6. The molecule has 1 atom stereocenters. The molecule has 0 unspecified atom stereocenters. The highest BCUT2D eigenvalue weighted by Gasteiger charge is 2.08. The van der Waals surface area contributed by atoms with Gasteiger partial charge in [-0.1, -0.05) is 30.3 Å². The lowest BCUT2D eigenvalue weighted by atomic mass is 10.1. The molecule has 2 rings (SSSR count). The molecule has 0 aliphatic rings. The van der Waals surface area contributed by atoms with Crippen molar-refractivity contribution in [3.63, 3.8) is 0 Å². The highest BCUT2D eigenvalue weighted by atomic mass is 15.0. The first kappa shape index (κ1) is 9.93. The van der Waals surface area contributed by atoms with Gasteiger partial charge in [-0.3, -0.25) is 0 Å². The summed E-state index contributed by atoms with van der Waals surface area (Å²) in [7, 11) is 0. The Hall–Kier alpha value is -1.61. The molecule has 0 aliphatic heterocycles. The van der Waals surface area contributed by atoms with Gasteiger partial charge in [0.05, 0.1) is 6.33 Å². The quantitative estimate of drug-likeness (QED) is 0.797. The Balaban J connectivity index is 1.90. The molecule has 0 radical (unpaired) electrons. The molecule has 0 aliphatic carbocycles. The molecule has 0 amide bonds. The van der Waals surface area contributed by atoms with Crippen molar-refractivity contribution in [2.24, 2.45) is 0 Å². The molecule has 0 saturated heterocycles. The summed E-state index contributed by atoms with van der Waals surface area (Å²) < 4.78 is 2.08. The highest BCUT2D eigenvalue weighted by molar-refractivity contribution is 5.16. The van der Waals surface area contributed by atoms with Gasteiger partial charge in [-0.05, 0) is 0 Å². The van der Waals surface area contributed by atoms with Crippen molar-refractivity contribution < 1.29 is 5.73 Å². The Labute approximate surface area is 89.6 Å². The zero-order valence-corrected chi connectivity index (χ0v) is 8.71. The van der Waals surface area contributed by atoms with E-state index in [0.29, 0.717) is 6.04 Å². The molecule has 2 aromatic rings. The molecule has 1 aromatic heterocycles. The van der Waals surface area contributed by atoms with Crippen LogP contribution in [-0.2, 0) is 6.54 Å². The fourth-order valence-electron chi connectivity index (χ4n) is 1.62. The van der Waals surface area contributed by atoms with E-state index in [9.17, 15) is 0 Å². The number of hydrogen-bond acceptors (Lipinski definition) is 1. The molecule has 3 heteroatoms. The van der Waals surface area contributed by atoms with Crippen LogP contribution < -0.4 is 5.73 Å². The maximum Gasteiger partial charge on any atom is 0.112 e. The van der Waals surface area contributed by atoms with Crippen molar-refractivity contribution >= 4 is 0 Å². The molecule has 0 fully saturated rings. The number of aryl methyl sites for hydroxylation is 1. The van der Waals surface area contributed by atoms with Crippen molar-refractivity contribution in [2.75, 3.05) is 0 Å². The number of imidazole rings is 1.